The van der Waals surface area contributed by atoms with Crippen molar-refractivity contribution in [3.63, 3.8) is 0 Å². The van der Waals surface area contributed by atoms with Crippen LogP contribution in [-0.2, 0) is 6.18 Å². The molecule has 0 aliphatic rings. The van der Waals surface area contributed by atoms with Gasteiger partial charge in [-0.3, -0.25) is 9.56 Å². The number of rotatable bonds is 2. The summed E-state index contributed by atoms with van der Waals surface area (Å²) < 4.78 is 37.8. The predicted octanol–water partition coefficient (Wildman–Crippen LogP) is 2.30. The highest BCUT2D eigenvalue weighted by atomic mass is 35.5. The van der Waals surface area contributed by atoms with E-state index < -0.39 is 12.0 Å². The molecule has 0 saturated carbocycles. The van der Waals surface area contributed by atoms with Crippen LogP contribution in [-0.4, -0.2) is 21.5 Å². The van der Waals surface area contributed by atoms with Crippen LogP contribution in [0.25, 0.3) is 6.20 Å². The minimum absolute atomic E-state index is 0.0594. The van der Waals surface area contributed by atoms with Gasteiger partial charge in [-0.2, -0.15) is 13.2 Å². The molecule has 8 heteroatoms. The lowest BCUT2D eigenvalue weighted by Crippen LogP contribution is -2.12. The first kappa shape index (κ1) is 11.7. The van der Waals surface area contributed by atoms with Gasteiger partial charge in [0.15, 0.2) is 0 Å². The average Bonchev–Trinajstić information content (AvgIpc) is 2.47. The number of hydrogen-bond acceptors (Lipinski definition) is 3. The Bertz CT molecular complexity index is 407. The van der Waals surface area contributed by atoms with E-state index in [1.54, 1.807) is 0 Å². The predicted molar refractivity (Wildman–Crippen MR) is 49.4 cm³/mol. The van der Waals surface area contributed by atoms with Crippen molar-refractivity contribution in [3.8, 4) is 0 Å². The van der Waals surface area contributed by atoms with Gasteiger partial charge in [0, 0.05) is 6.20 Å². The van der Waals surface area contributed by atoms with Gasteiger partial charge >= 0.3 is 6.18 Å². The van der Waals surface area contributed by atoms with E-state index in [9.17, 15) is 13.2 Å². The minimum Gasteiger partial charge on any atom is -0.279 e. The van der Waals surface area contributed by atoms with Gasteiger partial charge in [-0.15, -0.1) is 10.2 Å². The summed E-state index contributed by atoms with van der Waals surface area (Å²) in [6.07, 6.45) is -3.64. The summed E-state index contributed by atoms with van der Waals surface area (Å²) in [6.45, 7) is 4.44. The van der Waals surface area contributed by atoms with Gasteiger partial charge in [-0.25, -0.2) is 0 Å². The second-order valence-electron chi connectivity index (χ2n) is 2.55. The molecule has 0 radical (unpaired) electrons. The van der Waals surface area contributed by atoms with E-state index >= 15 is 0 Å². The van der Waals surface area contributed by atoms with Gasteiger partial charge in [-0.05, 0) is 13.6 Å². The summed E-state index contributed by atoms with van der Waals surface area (Å²) in [5.74, 6) is -1.09. The Morgan fingerprint density at radius 2 is 2.13 bits per heavy atom. The number of aliphatic imine (C=N–C) groups is 1. The zero-order valence-corrected chi connectivity index (χ0v) is 8.34. The van der Waals surface area contributed by atoms with Crippen molar-refractivity contribution >= 4 is 24.5 Å². The number of aryl methyl sites for hydroxylation is 1. The van der Waals surface area contributed by atoms with E-state index in [1.165, 1.54) is 6.92 Å². The summed E-state index contributed by atoms with van der Waals surface area (Å²) in [5, 5.41) is 6.12. The fourth-order valence-electron chi connectivity index (χ4n) is 0.865. The number of hydrogen-bond donors (Lipinski definition) is 0. The van der Waals surface area contributed by atoms with Crippen LogP contribution in [0.1, 0.15) is 11.6 Å². The van der Waals surface area contributed by atoms with Crippen LogP contribution < -0.4 is 0 Å². The molecule has 1 aromatic rings. The van der Waals surface area contributed by atoms with Crippen molar-refractivity contribution < 1.29 is 13.2 Å². The first-order chi connectivity index (χ1) is 6.86. The maximum absolute atomic E-state index is 12.4. The largest absolute Gasteiger partial charge is 0.452 e. The molecule has 0 bridgehead atoms. The van der Waals surface area contributed by atoms with Crippen LogP contribution in [0.2, 0.25) is 0 Å². The number of alkyl halides is 3. The first-order valence-electron chi connectivity index (χ1n) is 3.69. The molecule has 1 aromatic heterocycles. The second kappa shape index (κ2) is 4.01. The maximum Gasteiger partial charge on any atom is 0.452 e. The highest BCUT2D eigenvalue weighted by Gasteiger charge is 2.37. The molecule has 1 heterocycles. The quantitative estimate of drug-likeness (QED) is 0.586. The van der Waals surface area contributed by atoms with E-state index in [-0.39, 0.29) is 11.0 Å². The zero-order chi connectivity index (χ0) is 11.6. The van der Waals surface area contributed by atoms with Gasteiger partial charge in [-0.1, -0.05) is 11.6 Å². The fraction of sp³-hybridized carbons (Fsp3) is 0.286. The molecule has 0 spiro atoms. The Kier molecular flexibility index (Phi) is 3.13. The summed E-state index contributed by atoms with van der Waals surface area (Å²) in [6, 6.07) is 0. The summed E-state index contributed by atoms with van der Waals surface area (Å²) in [7, 11) is 0. The Hall–Kier alpha value is -1.37. The third-order valence-electron chi connectivity index (χ3n) is 1.51. The minimum atomic E-state index is -4.59. The molecule has 0 atom stereocenters. The van der Waals surface area contributed by atoms with E-state index in [1.807, 2.05) is 0 Å². The smallest absolute Gasteiger partial charge is 0.279 e. The second-order valence-corrected chi connectivity index (χ2v) is 2.94. The van der Waals surface area contributed by atoms with E-state index in [2.05, 4.69) is 21.9 Å². The highest BCUT2D eigenvalue weighted by molar-refractivity contribution is 6.31. The van der Waals surface area contributed by atoms with Crippen LogP contribution in [0.15, 0.2) is 10.1 Å². The lowest BCUT2D eigenvalue weighted by atomic mass is 10.5. The standard InChI is InChI=1S/C7H6ClF3N4/c1-4-13-14-6(7(9,10)11)15(4)3-5(8)12-2/h3H,2H2,1H3/b5-3-. The molecule has 0 aliphatic carbocycles. The molecule has 0 aliphatic heterocycles. The van der Waals surface area contributed by atoms with Gasteiger partial charge in [0.2, 0.25) is 5.82 Å². The zero-order valence-electron chi connectivity index (χ0n) is 7.59. The van der Waals surface area contributed by atoms with Crippen LogP contribution in [0.3, 0.4) is 0 Å². The van der Waals surface area contributed by atoms with Crippen LogP contribution in [0.4, 0.5) is 13.2 Å². The molecule has 1 rings (SSSR count). The molecule has 0 amide bonds. The lowest BCUT2D eigenvalue weighted by Gasteiger charge is -2.05. The van der Waals surface area contributed by atoms with Gasteiger partial charge in [0.25, 0.3) is 0 Å². The van der Waals surface area contributed by atoms with E-state index in [4.69, 9.17) is 11.6 Å². The molecule has 15 heavy (non-hydrogen) atoms. The number of nitrogens with zero attached hydrogens (tertiary/aromatic N) is 4. The summed E-state index contributed by atoms with van der Waals surface area (Å²) in [4.78, 5) is 3.26. The average molecular weight is 239 g/mol. The maximum atomic E-state index is 12.4. The van der Waals surface area contributed by atoms with Gasteiger partial charge in [0.05, 0.1) is 0 Å². The van der Waals surface area contributed by atoms with Crippen LogP contribution in [0, 0.1) is 6.92 Å². The van der Waals surface area contributed by atoms with Crippen LogP contribution >= 0.6 is 11.6 Å². The summed E-state index contributed by atoms with van der Waals surface area (Å²) in [5.41, 5.74) is 0. The fourth-order valence-corrected chi connectivity index (χ4v) is 0.962. The van der Waals surface area contributed by atoms with Crippen molar-refractivity contribution in [2.24, 2.45) is 4.99 Å². The van der Waals surface area contributed by atoms with Gasteiger partial charge in [0.1, 0.15) is 11.0 Å². The molecular formula is C7H6ClF3N4. The highest BCUT2D eigenvalue weighted by Crippen LogP contribution is 2.28. The molecule has 0 saturated heterocycles. The molecule has 0 unspecified atom stereocenters. The first-order valence-corrected chi connectivity index (χ1v) is 4.07. The Balaban J connectivity index is 3.28. The Labute approximate surface area is 88.1 Å². The number of halogens is 4. The third-order valence-corrected chi connectivity index (χ3v) is 1.72. The topological polar surface area (TPSA) is 43.1 Å². The molecule has 4 nitrogen and oxygen atoms in total. The van der Waals surface area contributed by atoms with E-state index in [0.717, 1.165) is 6.20 Å². The van der Waals surface area contributed by atoms with Crippen molar-refractivity contribution in [2.45, 2.75) is 13.1 Å². The third kappa shape index (κ3) is 2.56. The SMILES string of the molecule is C=N/C(Cl)=C\n1c(C)nnc1C(F)(F)F. The lowest BCUT2D eigenvalue weighted by molar-refractivity contribution is -0.146. The van der Waals surface area contributed by atoms with Crippen molar-refractivity contribution in [1.29, 1.82) is 0 Å². The summed E-state index contributed by atoms with van der Waals surface area (Å²) >= 11 is 5.44. The molecule has 0 aromatic carbocycles. The van der Waals surface area contributed by atoms with E-state index in [0.29, 0.717) is 4.57 Å². The van der Waals surface area contributed by atoms with Crippen molar-refractivity contribution in [1.82, 2.24) is 14.8 Å². The molecule has 82 valence electrons. The Morgan fingerprint density at radius 3 is 2.60 bits per heavy atom. The normalized spacial score (nSPS) is 13.0. The van der Waals surface area contributed by atoms with Crippen molar-refractivity contribution in [3.05, 3.63) is 16.8 Å². The molecule has 0 N–H and O–H groups in total. The molecular weight excluding hydrogens is 233 g/mol. The molecule has 0 fully saturated rings. The Morgan fingerprint density at radius 1 is 1.53 bits per heavy atom. The van der Waals surface area contributed by atoms with Crippen LogP contribution in [0.5, 0.6) is 0 Å². The number of aromatic nitrogens is 3. The van der Waals surface area contributed by atoms with Crippen molar-refractivity contribution in [2.75, 3.05) is 0 Å². The monoisotopic (exact) mass is 238 g/mol. The van der Waals surface area contributed by atoms with Gasteiger partial charge < -0.3 is 0 Å².